The number of amides is 1. The first kappa shape index (κ1) is 14.9. The van der Waals surface area contributed by atoms with Crippen LogP contribution in [0.25, 0.3) is 11.3 Å². The summed E-state index contributed by atoms with van der Waals surface area (Å²) in [7, 11) is 0. The molecule has 124 valence electrons. The van der Waals surface area contributed by atoms with Gasteiger partial charge in [-0.3, -0.25) is 9.48 Å². The highest BCUT2D eigenvalue weighted by Gasteiger charge is 2.51. The van der Waals surface area contributed by atoms with Gasteiger partial charge in [0.25, 0.3) is 5.91 Å². The van der Waals surface area contributed by atoms with Crippen molar-refractivity contribution in [1.29, 1.82) is 0 Å². The van der Waals surface area contributed by atoms with Crippen LogP contribution in [-0.4, -0.2) is 27.1 Å². The monoisotopic (exact) mass is 326 g/mol. The summed E-state index contributed by atoms with van der Waals surface area (Å²) in [6.07, 6.45) is 2.01. The Morgan fingerprint density at radius 3 is 2.75 bits per heavy atom. The first-order valence-corrected chi connectivity index (χ1v) is 8.00. The molecule has 6 heteroatoms. The van der Waals surface area contributed by atoms with Gasteiger partial charge in [0.2, 0.25) is 0 Å². The van der Waals surface area contributed by atoms with E-state index in [1.807, 2.05) is 11.6 Å². The number of halogens is 1. The summed E-state index contributed by atoms with van der Waals surface area (Å²) in [4.78, 5) is 14.3. The van der Waals surface area contributed by atoms with Gasteiger partial charge in [-0.15, -0.1) is 0 Å². The van der Waals surface area contributed by atoms with Gasteiger partial charge in [-0.25, -0.2) is 4.39 Å². The van der Waals surface area contributed by atoms with Gasteiger partial charge in [0.1, 0.15) is 11.5 Å². The molecule has 5 nitrogen and oxygen atoms in total. The Bertz CT molecular complexity index is 866. The van der Waals surface area contributed by atoms with Crippen molar-refractivity contribution in [3.8, 4) is 11.3 Å². The zero-order valence-corrected chi connectivity index (χ0v) is 13.6. The van der Waals surface area contributed by atoms with Crippen LogP contribution in [-0.2, 0) is 12.1 Å². The van der Waals surface area contributed by atoms with Crippen molar-refractivity contribution in [2.75, 3.05) is 6.54 Å². The molecule has 1 spiro atoms. The normalized spacial score (nSPS) is 17.7. The minimum absolute atomic E-state index is 0.0949. The van der Waals surface area contributed by atoms with Gasteiger partial charge >= 0.3 is 0 Å². The fourth-order valence-corrected chi connectivity index (χ4v) is 3.53. The molecule has 1 amide bonds. The average Bonchev–Trinajstić information content (AvgIpc) is 3.16. The summed E-state index contributed by atoms with van der Waals surface area (Å²) < 4.78 is 15.6. The third-order valence-electron chi connectivity index (χ3n) is 4.97. The second kappa shape index (κ2) is 4.93. The van der Waals surface area contributed by atoms with E-state index in [0.717, 1.165) is 30.8 Å². The van der Waals surface area contributed by atoms with Gasteiger partial charge in [0, 0.05) is 17.8 Å². The number of primary amides is 1. The van der Waals surface area contributed by atoms with Crippen LogP contribution in [0.4, 0.5) is 4.39 Å². The highest BCUT2D eigenvalue weighted by atomic mass is 19.1. The van der Waals surface area contributed by atoms with Gasteiger partial charge < -0.3 is 10.6 Å². The Hall–Kier alpha value is -2.63. The Kier molecular flexibility index (Phi) is 3.07. The number of carbonyl (C=O) groups excluding carboxylic acids is 1. The first-order valence-electron chi connectivity index (χ1n) is 8.00. The maximum atomic E-state index is 13.6. The van der Waals surface area contributed by atoms with Crippen LogP contribution in [0.5, 0.6) is 0 Å². The Morgan fingerprint density at radius 2 is 2.17 bits per heavy atom. The molecule has 1 aromatic carbocycles. The molecule has 1 fully saturated rings. The zero-order chi connectivity index (χ0) is 17.1. The molecule has 0 unspecified atom stereocenters. The Labute approximate surface area is 139 Å². The number of nitrogens with zero attached hydrogens (tertiary/aromatic N) is 3. The SMILES string of the molecule is C=C(C)N1Cc2c(C(N)=O)c(-c3cccc(F)c3)nn2C2(CC2)C1. The smallest absolute Gasteiger partial charge is 0.252 e. The fourth-order valence-electron chi connectivity index (χ4n) is 3.53. The van der Waals surface area contributed by atoms with Crippen molar-refractivity contribution < 1.29 is 9.18 Å². The van der Waals surface area contributed by atoms with Crippen molar-refractivity contribution in [2.45, 2.75) is 31.8 Å². The van der Waals surface area contributed by atoms with Gasteiger partial charge in [0.15, 0.2) is 0 Å². The van der Waals surface area contributed by atoms with Gasteiger partial charge in [-0.05, 0) is 31.9 Å². The number of carbonyl (C=O) groups is 1. The summed E-state index contributed by atoms with van der Waals surface area (Å²) in [5.41, 5.74) is 8.75. The van der Waals surface area contributed by atoms with Crippen LogP contribution in [0.2, 0.25) is 0 Å². The molecule has 1 aliphatic heterocycles. The molecule has 0 radical (unpaired) electrons. The Balaban J connectivity index is 1.92. The fraction of sp³-hybridized carbons (Fsp3) is 0.333. The second-order valence-corrected chi connectivity index (χ2v) is 6.77. The first-order chi connectivity index (χ1) is 11.4. The van der Waals surface area contributed by atoms with Crippen molar-refractivity contribution in [2.24, 2.45) is 5.73 Å². The highest BCUT2D eigenvalue weighted by Crippen LogP contribution is 2.49. The summed E-state index contributed by atoms with van der Waals surface area (Å²) >= 11 is 0. The second-order valence-electron chi connectivity index (χ2n) is 6.77. The van der Waals surface area contributed by atoms with Crippen LogP contribution in [0, 0.1) is 5.82 Å². The Morgan fingerprint density at radius 1 is 1.42 bits per heavy atom. The number of nitrogens with two attached hydrogens (primary N) is 1. The predicted molar refractivity (Wildman–Crippen MR) is 88.6 cm³/mol. The molecule has 2 N–H and O–H groups in total. The number of hydrogen-bond acceptors (Lipinski definition) is 3. The summed E-state index contributed by atoms with van der Waals surface area (Å²) in [5.74, 6) is -0.895. The van der Waals surface area contributed by atoms with E-state index in [9.17, 15) is 9.18 Å². The van der Waals surface area contributed by atoms with Gasteiger partial charge in [-0.1, -0.05) is 18.7 Å². The van der Waals surface area contributed by atoms with E-state index < -0.39 is 5.91 Å². The molecule has 1 aliphatic carbocycles. The van der Waals surface area contributed by atoms with Crippen LogP contribution in [0.3, 0.4) is 0 Å². The molecule has 2 aliphatic rings. The third-order valence-corrected chi connectivity index (χ3v) is 4.97. The van der Waals surface area contributed by atoms with E-state index in [1.54, 1.807) is 12.1 Å². The molecule has 2 aromatic rings. The van der Waals surface area contributed by atoms with Gasteiger partial charge in [0.05, 0.1) is 23.3 Å². The summed E-state index contributed by atoms with van der Waals surface area (Å²) in [6, 6.07) is 6.12. The standard InChI is InChI=1S/C18H19FN4O/c1-11(2)22-9-14-15(17(20)24)16(12-4-3-5-13(19)8-12)21-23(14)18(10-22)6-7-18/h3-5,8H,1,6-7,9-10H2,2H3,(H2,20,24). The minimum atomic E-state index is -0.533. The number of fused-ring (bicyclic) bond motifs is 2. The number of rotatable bonds is 3. The third kappa shape index (κ3) is 2.13. The molecule has 24 heavy (non-hydrogen) atoms. The van der Waals surface area contributed by atoms with E-state index in [4.69, 9.17) is 5.73 Å². The summed E-state index contributed by atoms with van der Waals surface area (Å²) in [6.45, 7) is 7.36. The number of aromatic nitrogens is 2. The molecular formula is C18H19FN4O. The maximum absolute atomic E-state index is 13.6. The molecular weight excluding hydrogens is 307 g/mol. The molecule has 1 aromatic heterocycles. The topological polar surface area (TPSA) is 64.2 Å². The summed E-state index contributed by atoms with van der Waals surface area (Å²) in [5, 5.41) is 4.69. The molecule has 4 rings (SSSR count). The number of benzene rings is 1. The van der Waals surface area contributed by atoms with Gasteiger partial charge in [-0.2, -0.15) is 5.10 Å². The van der Waals surface area contributed by atoms with E-state index in [1.165, 1.54) is 12.1 Å². The van der Waals surface area contributed by atoms with E-state index >= 15 is 0 Å². The average molecular weight is 326 g/mol. The minimum Gasteiger partial charge on any atom is -0.367 e. The van der Waals surface area contributed by atoms with E-state index in [-0.39, 0.29) is 11.4 Å². The largest absolute Gasteiger partial charge is 0.367 e. The molecule has 0 atom stereocenters. The highest BCUT2D eigenvalue weighted by molar-refractivity contribution is 6.00. The van der Waals surface area contributed by atoms with Crippen molar-refractivity contribution >= 4 is 5.91 Å². The number of hydrogen-bond donors (Lipinski definition) is 1. The van der Waals surface area contributed by atoms with Crippen molar-refractivity contribution in [3.05, 3.63) is 53.6 Å². The lowest BCUT2D eigenvalue weighted by atomic mass is 10.0. The number of allylic oxidation sites excluding steroid dienone is 1. The lowest BCUT2D eigenvalue weighted by Crippen LogP contribution is -2.42. The molecule has 1 saturated carbocycles. The molecule has 0 bridgehead atoms. The quantitative estimate of drug-likeness (QED) is 0.943. The predicted octanol–water partition coefficient (Wildman–Crippen LogP) is 2.63. The van der Waals surface area contributed by atoms with Crippen LogP contribution in [0.15, 0.2) is 36.5 Å². The lowest BCUT2D eigenvalue weighted by Gasteiger charge is -2.36. The maximum Gasteiger partial charge on any atom is 0.252 e. The van der Waals surface area contributed by atoms with Crippen LogP contribution < -0.4 is 5.73 Å². The molecule has 0 saturated heterocycles. The van der Waals surface area contributed by atoms with E-state index in [2.05, 4.69) is 16.6 Å². The van der Waals surface area contributed by atoms with Crippen molar-refractivity contribution in [1.82, 2.24) is 14.7 Å². The zero-order valence-electron chi connectivity index (χ0n) is 13.6. The lowest BCUT2D eigenvalue weighted by molar-refractivity contribution is 0.0996. The van der Waals surface area contributed by atoms with E-state index in [0.29, 0.717) is 23.4 Å². The van der Waals surface area contributed by atoms with Crippen LogP contribution >= 0.6 is 0 Å². The van der Waals surface area contributed by atoms with Crippen molar-refractivity contribution in [3.63, 3.8) is 0 Å². The molecule has 2 heterocycles. The van der Waals surface area contributed by atoms with Crippen LogP contribution in [0.1, 0.15) is 35.8 Å².